The molecule has 5 heteroatoms. The Balaban J connectivity index is 2.64. The van der Waals surface area contributed by atoms with Gasteiger partial charge in [0.15, 0.2) is 0 Å². The molecule has 1 aromatic rings. The van der Waals surface area contributed by atoms with Gasteiger partial charge in [-0.2, -0.15) is 4.98 Å². The number of aromatic nitrogens is 2. The third-order valence-electron chi connectivity index (χ3n) is 1.88. The average Bonchev–Trinajstić information content (AvgIpc) is 2.52. The minimum absolute atomic E-state index is 0.265. The van der Waals surface area contributed by atoms with Gasteiger partial charge in [0, 0.05) is 6.42 Å². The Kier molecular flexibility index (Phi) is 3.00. The van der Waals surface area contributed by atoms with E-state index in [4.69, 9.17) is 9.63 Å². The van der Waals surface area contributed by atoms with E-state index >= 15 is 0 Å². The van der Waals surface area contributed by atoms with E-state index in [1.807, 2.05) is 6.92 Å². The van der Waals surface area contributed by atoms with Crippen LogP contribution >= 0.6 is 0 Å². The van der Waals surface area contributed by atoms with Gasteiger partial charge < -0.3 is 9.63 Å². The van der Waals surface area contributed by atoms with Crippen molar-refractivity contribution in [2.24, 2.45) is 5.92 Å². The van der Waals surface area contributed by atoms with Gasteiger partial charge in [0.25, 0.3) is 5.82 Å². The van der Waals surface area contributed by atoms with Gasteiger partial charge in [-0.05, 0) is 11.1 Å². The first-order valence-electron chi connectivity index (χ1n) is 4.19. The molecule has 72 valence electrons. The van der Waals surface area contributed by atoms with E-state index < -0.39 is 5.97 Å². The summed E-state index contributed by atoms with van der Waals surface area (Å²) in [6.07, 6.45) is 1.64. The second kappa shape index (κ2) is 4.02. The van der Waals surface area contributed by atoms with Crippen molar-refractivity contribution in [3.05, 3.63) is 11.7 Å². The molecule has 0 fully saturated rings. The quantitative estimate of drug-likeness (QED) is 0.764. The molecular formula is C8H12N2O3. The standard InChI is InChI=1S/C8H12N2O3/c1-3-5(2)4-6-9-7(8(11)12)10-13-6/h5H,3-4H2,1-2H3,(H,11,12). The molecule has 1 atom stereocenters. The summed E-state index contributed by atoms with van der Waals surface area (Å²) in [7, 11) is 0. The smallest absolute Gasteiger partial charge is 0.377 e. The predicted molar refractivity (Wildman–Crippen MR) is 44.4 cm³/mol. The molecule has 0 spiro atoms. The molecular weight excluding hydrogens is 172 g/mol. The molecule has 0 saturated heterocycles. The Hall–Kier alpha value is -1.39. The van der Waals surface area contributed by atoms with Crippen LogP contribution < -0.4 is 0 Å². The minimum Gasteiger partial charge on any atom is -0.475 e. The normalized spacial score (nSPS) is 12.8. The molecule has 0 bridgehead atoms. The summed E-state index contributed by atoms with van der Waals surface area (Å²) in [5.41, 5.74) is 0. The highest BCUT2D eigenvalue weighted by atomic mass is 16.5. The predicted octanol–water partition coefficient (Wildman–Crippen LogP) is 1.36. The summed E-state index contributed by atoms with van der Waals surface area (Å²) in [6.45, 7) is 4.10. The Morgan fingerprint density at radius 2 is 2.38 bits per heavy atom. The van der Waals surface area contributed by atoms with Gasteiger partial charge in [0.2, 0.25) is 5.89 Å². The van der Waals surface area contributed by atoms with Crippen LogP contribution in [0.25, 0.3) is 0 Å². The molecule has 0 aliphatic carbocycles. The SMILES string of the molecule is CCC(C)Cc1nc(C(=O)O)no1. The zero-order chi connectivity index (χ0) is 9.84. The Bertz CT molecular complexity index is 295. The van der Waals surface area contributed by atoms with Crippen LogP contribution in [0.3, 0.4) is 0 Å². The van der Waals surface area contributed by atoms with Gasteiger partial charge in [0.1, 0.15) is 0 Å². The third kappa shape index (κ3) is 2.54. The van der Waals surface area contributed by atoms with E-state index in [0.29, 0.717) is 18.2 Å². The molecule has 0 saturated carbocycles. The average molecular weight is 184 g/mol. The number of nitrogens with zero attached hydrogens (tertiary/aromatic N) is 2. The van der Waals surface area contributed by atoms with Crippen LogP contribution in [-0.2, 0) is 6.42 Å². The summed E-state index contributed by atoms with van der Waals surface area (Å²) in [5, 5.41) is 11.8. The summed E-state index contributed by atoms with van der Waals surface area (Å²) in [4.78, 5) is 14.1. The van der Waals surface area contributed by atoms with Gasteiger partial charge in [0.05, 0.1) is 0 Å². The fourth-order valence-corrected chi connectivity index (χ4v) is 0.867. The molecule has 0 aliphatic heterocycles. The fourth-order valence-electron chi connectivity index (χ4n) is 0.867. The number of carboxylic acids is 1. The zero-order valence-corrected chi connectivity index (χ0v) is 7.65. The van der Waals surface area contributed by atoms with Crippen molar-refractivity contribution >= 4 is 5.97 Å². The lowest BCUT2D eigenvalue weighted by Gasteiger charge is -2.01. The van der Waals surface area contributed by atoms with E-state index in [2.05, 4.69) is 17.1 Å². The second-order valence-electron chi connectivity index (χ2n) is 3.03. The van der Waals surface area contributed by atoms with E-state index in [0.717, 1.165) is 6.42 Å². The topological polar surface area (TPSA) is 76.2 Å². The number of hydrogen-bond donors (Lipinski definition) is 1. The summed E-state index contributed by atoms with van der Waals surface area (Å²) in [6, 6.07) is 0. The molecule has 1 aromatic heterocycles. The van der Waals surface area contributed by atoms with E-state index in [1.54, 1.807) is 0 Å². The minimum atomic E-state index is -1.15. The first-order valence-corrected chi connectivity index (χ1v) is 4.19. The van der Waals surface area contributed by atoms with Gasteiger partial charge in [-0.25, -0.2) is 4.79 Å². The molecule has 1 heterocycles. The van der Waals surface area contributed by atoms with Crippen molar-refractivity contribution in [1.29, 1.82) is 0 Å². The van der Waals surface area contributed by atoms with Crippen molar-refractivity contribution in [2.75, 3.05) is 0 Å². The highest BCUT2D eigenvalue weighted by Gasteiger charge is 2.13. The highest BCUT2D eigenvalue weighted by molar-refractivity contribution is 5.82. The molecule has 0 radical (unpaired) electrons. The maximum absolute atomic E-state index is 10.4. The van der Waals surface area contributed by atoms with E-state index in [9.17, 15) is 4.79 Å². The highest BCUT2D eigenvalue weighted by Crippen LogP contribution is 2.09. The summed E-state index contributed by atoms with van der Waals surface area (Å²) < 4.78 is 4.76. The molecule has 5 nitrogen and oxygen atoms in total. The van der Waals surface area contributed by atoms with Crippen LogP contribution in [0.15, 0.2) is 4.52 Å². The first kappa shape index (κ1) is 9.70. The summed E-state index contributed by atoms with van der Waals surface area (Å²) in [5.74, 6) is -0.591. The Labute approximate surface area is 75.8 Å². The largest absolute Gasteiger partial charge is 0.475 e. The molecule has 0 amide bonds. The molecule has 1 rings (SSSR count). The zero-order valence-electron chi connectivity index (χ0n) is 7.65. The van der Waals surface area contributed by atoms with Crippen LogP contribution in [0.4, 0.5) is 0 Å². The van der Waals surface area contributed by atoms with E-state index in [-0.39, 0.29) is 5.82 Å². The van der Waals surface area contributed by atoms with Gasteiger partial charge in [-0.1, -0.05) is 20.3 Å². The lowest BCUT2D eigenvalue weighted by atomic mass is 10.1. The van der Waals surface area contributed by atoms with Crippen LogP contribution in [0.5, 0.6) is 0 Å². The maximum atomic E-state index is 10.4. The van der Waals surface area contributed by atoms with Crippen LogP contribution in [0.1, 0.15) is 36.8 Å². The number of carboxylic acid groups (broad SMARTS) is 1. The van der Waals surface area contributed by atoms with Gasteiger partial charge in [-0.15, -0.1) is 0 Å². The van der Waals surface area contributed by atoms with Crippen LogP contribution in [-0.4, -0.2) is 21.2 Å². The van der Waals surface area contributed by atoms with Crippen molar-refractivity contribution in [3.63, 3.8) is 0 Å². The van der Waals surface area contributed by atoms with Crippen LogP contribution in [0, 0.1) is 5.92 Å². The molecule has 1 unspecified atom stereocenters. The third-order valence-corrected chi connectivity index (χ3v) is 1.88. The number of aromatic carboxylic acids is 1. The Morgan fingerprint density at radius 3 is 2.85 bits per heavy atom. The van der Waals surface area contributed by atoms with E-state index in [1.165, 1.54) is 0 Å². The first-order chi connectivity index (χ1) is 6.13. The fraction of sp³-hybridized carbons (Fsp3) is 0.625. The van der Waals surface area contributed by atoms with Gasteiger partial charge >= 0.3 is 5.97 Å². The van der Waals surface area contributed by atoms with Crippen LogP contribution in [0.2, 0.25) is 0 Å². The molecule has 0 aliphatic rings. The number of carbonyl (C=O) groups is 1. The lowest BCUT2D eigenvalue weighted by molar-refractivity contribution is 0.0680. The monoisotopic (exact) mass is 184 g/mol. The number of rotatable bonds is 4. The lowest BCUT2D eigenvalue weighted by Crippen LogP contribution is -2.01. The summed E-state index contributed by atoms with van der Waals surface area (Å²) >= 11 is 0. The maximum Gasteiger partial charge on any atom is 0.377 e. The molecule has 0 aromatic carbocycles. The van der Waals surface area contributed by atoms with Crippen molar-refractivity contribution in [3.8, 4) is 0 Å². The molecule has 13 heavy (non-hydrogen) atoms. The Morgan fingerprint density at radius 1 is 1.69 bits per heavy atom. The van der Waals surface area contributed by atoms with Gasteiger partial charge in [-0.3, -0.25) is 0 Å². The molecule has 1 N–H and O–H groups in total. The van der Waals surface area contributed by atoms with Crippen molar-refractivity contribution in [1.82, 2.24) is 10.1 Å². The van der Waals surface area contributed by atoms with Crippen molar-refractivity contribution in [2.45, 2.75) is 26.7 Å². The van der Waals surface area contributed by atoms with Crippen molar-refractivity contribution < 1.29 is 14.4 Å². The second-order valence-corrected chi connectivity index (χ2v) is 3.03. The number of hydrogen-bond acceptors (Lipinski definition) is 4.